The van der Waals surface area contributed by atoms with Crippen LogP contribution in [0.2, 0.25) is 0 Å². The van der Waals surface area contributed by atoms with Crippen LogP contribution in [0.1, 0.15) is 36.0 Å². The number of carbonyl (C=O) groups is 2. The van der Waals surface area contributed by atoms with Crippen molar-refractivity contribution in [2.75, 3.05) is 45.0 Å². The van der Waals surface area contributed by atoms with E-state index in [9.17, 15) is 14.0 Å². The number of piperidine rings is 2. The normalized spacial score (nSPS) is 26.9. The predicted molar refractivity (Wildman–Crippen MR) is 120 cm³/mol. The van der Waals surface area contributed by atoms with Gasteiger partial charge in [0.1, 0.15) is 11.7 Å². The van der Waals surface area contributed by atoms with Crippen molar-refractivity contribution in [3.05, 3.63) is 23.8 Å². The number of halogens is 2. The summed E-state index contributed by atoms with van der Waals surface area (Å²) in [6.45, 7) is 3.68. The number of amides is 2. The van der Waals surface area contributed by atoms with Crippen LogP contribution in [-0.4, -0.2) is 93.7 Å². The maximum absolute atomic E-state index is 15.1. The molecule has 2 amide bonds. The van der Waals surface area contributed by atoms with E-state index < -0.39 is 30.0 Å². The highest BCUT2D eigenvalue weighted by molar-refractivity contribution is 6.04. The Morgan fingerprint density at radius 1 is 1.26 bits per heavy atom. The van der Waals surface area contributed by atoms with Crippen LogP contribution in [0.5, 0.6) is 0 Å². The zero-order valence-corrected chi connectivity index (χ0v) is 18.9. The molecular formula is C22H30F2N8O2. The van der Waals surface area contributed by atoms with E-state index in [0.717, 1.165) is 49.3 Å². The number of carbonyl (C=O) groups excluding carboxylic acids is 2. The first kappa shape index (κ1) is 22.9. The number of alkyl halides is 1. The van der Waals surface area contributed by atoms with Crippen molar-refractivity contribution in [1.82, 2.24) is 35.0 Å². The lowest BCUT2D eigenvalue weighted by molar-refractivity contribution is -0.128. The van der Waals surface area contributed by atoms with Gasteiger partial charge in [0.05, 0.1) is 24.5 Å². The Hall–Kier alpha value is -2.86. The van der Waals surface area contributed by atoms with Crippen molar-refractivity contribution in [3.8, 4) is 0 Å². The van der Waals surface area contributed by atoms with Crippen molar-refractivity contribution in [2.24, 2.45) is 5.92 Å². The third-order valence-corrected chi connectivity index (χ3v) is 7.22. The van der Waals surface area contributed by atoms with E-state index in [1.54, 1.807) is 0 Å². The zero-order valence-electron chi connectivity index (χ0n) is 18.9. The third-order valence-electron chi connectivity index (χ3n) is 7.22. The summed E-state index contributed by atoms with van der Waals surface area (Å²) >= 11 is 0. The molecule has 0 spiro atoms. The molecule has 3 unspecified atom stereocenters. The number of nitrogen functional groups attached to an aromatic ring is 1. The number of nitrogens with one attached hydrogen (secondary N) is 2. The summed E-state index contributed by atoms with van der Waals surface area (Å²) < 4.78 is 29.7. The molecule has 2 aromatic rings. The summed E-state index contributed by atoms with van der Waals surface area (Å²) in [5.41, 5.74) is 6.12. The van der Waals surface area contributed by atoms with Gasteiger partial charge in [0, 0.05) is 32.6 Å². The van der Waals surface area contributed by atoms with E-state index in [4.69, 9.17) is 5.73 Å². The molecule has 2 aromatic heterocycles. The van der Waals surface area contributed by atoms with Crippen LogP contribution >= 0.6 is 0 Å². The molecule has 3 saturated heterocycles. The first-order chi connectivity index (χ1) is 16.4. The summed E-state index contributed by atoms with van der Waals surface area (Å²) in [7, 11) is 0. The smallest absolute Gasteiger partial charge is 0.259 e. The number of aromatic nitrogens is 3. The van der Waals surface area contributed by atoms with Gasteiger partial charge < -0.3 is 21.3 Å². The predicted octanol–water partition coefficient (Wildman–Crippen LogP) is 0.193. The van der Waals surface area contributed by atoms with Gasteiger partial charge in [-0.05, 0) is 38.3 Å². The van der Waals surface area contributed by atoms with E-state index >= 15 is 4.39 Å². The van der Waals surface area contributed by atoms with Gasteiger partial charge in [-0.15, -0.1) is 5.10 Å². The van der Waals surface area contributed by atoms with Crippen molar-refractivity contribution < 1.29 is 18.4 Å². The van der Waals surface area contributed by atoms with Crippen LogP contribution in [-0.2, 0) is 4.79 Å². The van der Waals surface area contributed by atoms with Gasteiger partial charge in [-0.2, -0.15) is 0 Å². The number of nitrogens with two attached hydrogens (primary N) is 1. The molecule has 3 fully saturated rings. The largest absolute Gasteiger partial charge is 0.381 e. The van der Waals surface area contributed by atoms with Crippen molar-refractivity contribution >= 4 is 23.3 Å². The molecule has 10 nitrogen and oxygen atoms in total. The Bertz CT molecular complexity index is 1070. The summed E-state index contributed by atoms with van der Waals surface area (Å²) in [5.74, 6) is -0.533. The SMILES string of the molecule is Nc1nn2cc(F)cnc2c1C(=O)NC1CNCC(F)C1N1CCC(CN2CCCC2=O)CC1. The molecule has 34 heavy (non-hydrogen) atoms. The topological polar surface area (TPSA) is 121 Å². The maximum Gasteiger partial charge on any atom is 0.259 e. The number of rotatable bonds is 5. The van der Waals surface area contributed by atoms with Gasteiger partial charge in [0.25, 0.3) is 5.91 Å². The second-order valence-electron chi connectivity index (χ2n) is 9.47. The summed E-state index contributed by atoms with van der Waals surface area (Å²) in [4.78, 5) is 33.1. The average Bonchev–Trinajstić information content (AvgIpc) is 3.35. The van der Waals surface area contributed by atoms with E-state index in [0.29, 0.717) is 32.0 Å². The fourth-order valence-electron chi connectivity index (χ4n) is 5.52. The Morgan fingerprint density at radius 2 is 2.06 bits per heavy atom. The maximum atomic E-state index is 15.1. The highest BCUT2D eigenvalue weighted by Gasteiger charge is 2.40. The molecule has 0 radical (unpaired) electrons. The zero-order chi connectivity index (χ0) is 23.8. The number of hydrogen-bond donors (Lipinski definition) is 3. The fourth-order valence-corrected chi connectivity index (χ4v) is 5.52. The number of likely N-dealkylation sites (tertiary alicyclic amines) is 2. The van der Waals surface area contributed by atoms with Gasteiger partial charge in [0.2, 0.25) is 5.91 Å². The third kappa shape index (κ3) is 4.43. The molecule has 0 saturated carbocycles. The second kappa shape index (κ2) is 9.41. The van der Waals surface area contributed by atoms with Gasteiger partial charge in [-0.25, -0.2) is 18.3 Å². The van der Waals surface area contributed by atoms with Crippen molar-refractivity contribution in [2.45, 2.75) is 43.9 Å². The van der Waals surface area contributed by atoms with Crippen LogP contribution in [0.25, 0.3) is 5.65 Å². The Kier molecular flexibility index (Phi) is 6.34. The second-order valence-corrected chi connectivity index (χ2v) is 9.47. The molecule has 5 rings (SSSR count). The van der Waals surface area contributed by atoms with Gasteiger partial charge in [0.15, 0.2) is 17.3 Å². The minimum atomic E-state index is -1.15. The first-order valence-corrected chi connectivity index (χ1v) is 11.9. The summed E-state index contributed by atoms with van der Waals surface area (Å²) in [6.07, 6.45) is 4.28. The lowest BCUT2D eigenvalue weighted by atomic mass is 9.90. The van der Waals surface area contributed by atoms with E-state index in [1.165, 1.54) is 0 Å². The summed E-state index contributed by atoms with van der Waals surface area (Å²) in [5, 5.41) is 9.94. The van der Waals surface area contributed by atoms with Crippen LogP contribution in [0, 0.1) is 11.7 Å². The lowest BCUT2D eigenvalue weighted by Crippen LogP contribution is -2.65. The Labute approximate surface area is 195 Å². The molecular weight excluding hydrogens is 446 g/mol. The molecule has 0 aliphatic carbocycles. The van der Waals surface area contributed by atoms with Gasteiger partial charge in [-0.1, -0.05) is 0 Å². The highest BCUT2D eigenvalue weighted by atomic mass is 19.1. The summed E-state index contributed by atoms with van der Waals surface area (Å²) in [6, 6.07) is -0.962. The highest BCUT2D eigenvalue weighted by Crippen LogP contribution is 2.26. The fraction of sp³-hybridized carbons (Fsp3) is 0.636. The Balaban J connectivity index is 1.26. The molecule has 3 aliphatic rings. The molecule has 3 atom stereocenters. The average molecular weight is 477 g/mol. The molecule has 4 N–H and O–H groups in total. The lowest BCUT2D eigenvalue weighted by Gasteiger charge is -2.45. The minimum absolute atomic E-state index is 0.0497. The van der Waals surface area contributed by atoms with Crippen LogP contribution < -0.4 is 16.4 Å². The van der Waals surface area contributed by atoms with Crippen molar-refractivity contribution in [3.63, 3.8) is 0 Å². The molecule has 3 aliphatic heterocycles. The number of anilines is 1. The molecule has 5 heterocycles. The van der Waals surface area contributed by atoms with Crippen molar-refractivity contribution in [1.29, 1.82) is 0 Å². The first-order valence-electron chi connectivity index (χ1n) is 11.9. The van der Waals surface area contributed by atoms with E-state index in [-0.39, 0.29) is 29.5 Å². The van der Waals surface area contributed by atoms with Gasteiger partial charge >= 0.3 is 0 Å². The number of nitrogens with zero attached hydrogens (tertiary/aromatic N) is 5. The standard InChI is InChI=1S/C22H30F2N8O2/c23-14-8-27-21-18(20(25)29-32(21)12-14)22(34)28-16-10-26-9-15(24)19(16)30-6-3-13(4-7-30)11-31-5-1-2-17(31)33/h8,12-13,15-16,19,26H,1-7,9-11H2,(H2,25,29)(H,28,34). The number of hydrogen-bond acceptors (Lipinski definition) is 7. The van der Waals surface area contributed by atoms with Crippen LogP contribution in [0.15, 0.2) is 12.4 Å². The van der Waals surface area contributed by atoms with Crippen LogP contribution in [0.4, 0.5) is 14.6 Å². The van der Waals surface area contributed by atoms with Gasteiger partial charge in [-0.3, -0.25) is 14.5 Å². The number of fused-ring (bicyclic) bond motifs is 1. The monoisotopic (exact) mass is 476 g/mol. The van der Waals surface area contributed by atoms with Crippen LogP contribution in [0.3, 0.4) is 0 Å². The minimum Gasteiger partial charge on any atom is -0.381 e. The Morgan fingerprint density at radius 3 is 2.79 bits per heavy atom. The molecule has 12 heteroatoms. The quantitative estimate of drug-likeness (QED) is 0.564. The molecule has 184 valence electrons. The van der Waals surface area contributed by atoms with E-state index in [1.807, 2.05) is 4.90 Å². The van der Waals surface area contributed by atoms with E-state index in [2.05, 4.69) is 25.6 Å². The molecule has 0 aromatic carbocycles. The molecule has 0 bridgehead atoms.